The molecule has 1 atom stereocenters. The van der Waals surface area contributed by atoms with Crippen molar-refractivity contribution in [1.82, 2.24) is 9.80 Å². The number of urea groups is 1. The molecule has 2 heterocycles. The molecule has 5 nitrogen and oxygen atoms in total. The predicted molar refractivity (Wildman–Crippen MR) is 71.7 cm³/mol. The zero-order chi connectivity index (χ0) is 13.3. The number of halogens is 1. The monoisotopic (exact) mass is 332 g/mol. The third-order valence-electron chi connectivity index (χ3n) is 2.94. The second-order valence-corrected chi connectivity index (χ2v) is 6.02. The van der Waals surface area contributed by atoms with Gasteiger partial charge in [0.2, 0.25) is 0 Å². The number of aliphatic carboxylic acids is 1. The summed E-state index contributed by atoms with van der Waals surface area (Å²) >= 11 is 4.99. The van der Waals surface area contributed by atoms with Gasteiger partial charge >= 0.3 is 12.0 Å². The summed E-state index contributed by atoms with van der Waals surface area (Å²) in [6.45, 7) is 0.817. The summed E-state index contributed by atoms with van der Waals surface area (Å²) in [5, 5.41) is 10.6. The lowest BCUT2D eigenvalue weighted by molar-refractivity contribution is -0.137. The Morgan fingerprint density at radius 2 is 2.39 bits per heavy atom. The molecule has 1 aliphatic rings. The van der Waals surface area contributed by atoms with Gasteiger partial charge in [0.15, 0.2) is 0 Å². The molecule has 1 aliphatic heterocycles. The first-order valence-corrected chi connectivity index (χ1v) is 7.13. The zero-order valence-electron chi connectivity index (χ0n) is 9.80. The van der Waals surface area contributed by atoms with Gasteiger partial charge in [-0.2, -0.15) is 0 Å². The number of nitrogens with zero attached hydrogens (tertiary/aromatic N) is 2. The summed E-state index contributed by atoms with van der Waals surface area (Å²) in [7, 11) is 1.75. The van der Waals surface area contributed by atoms with Gasteiger partial charge in [0.25, 0.3) is 0 Å². The van der Waals surface area contributed by atoms with E-state index >= 15 is 0 Å². The van der Waals surface area contributed by atoms with Gasteiger partial charge in [0, 0.05) is 34.9 Å². The van der Waals surface area contributed by atoms with E-state index in [2.05, 4.69) is 15.9 Å². The maximum atomic E-state index is 12.0. The van der Waals surface area contributed by atoms with Crippen molar-refractivity contribution in [2.75, 3.05) is 20.1 Å². The Labute approximate surface area is 117 Å². The molecule has 1 N–H and O–H groups in total. The van der Waals surface area contributed by atoms with Crippen molar-refractivity contribution in [3.05, 3.63) is 20.8 Å². The number of carboxylic acids is 1. The van der Waals surface area contributed by atoms with Crippen LogP contribution in [0.15, 0.2) is 15.9 Å². The molecule has 1 fully saturated rings. The van der Waals surface area contributed by atoms with Crippen LogP contribution in [-0.4, -0.2) is 47.0 Å². The van der Waals surface area contributed by atoms with Crippen molar-refractivity contribution in [2.45, 2.75) is 12.5 Å². The highest BCUT2D eigenvalue weighted by atomic mass is 79.9. The summed E-state index contributed by atoms with van der Waals surface area (Å²) in [6, 6.07) is 1.91. The van der Waals surface area contributed by atoms with Crippen LogP contribution in [0.25, 0.3) is 0 Å². The third kappa shape index (κ3) is 2.67. The largest absolute Gasteiger partial charge is 0.481 e. The number of carboxylic acid groups (broad SMARTS) is 1. The maximum Gasteiger partial charge on any atom is 0.320 e. The van der Waals surface area contributed by atoms with Gasteiger partial charge in [0.05, 0.1) is 12.5 Å². The van der Waals surface area contributed by atoms with Crippen molar-refractivity contribution >= 4 is 39.3 Å². The minimum Gasteiger partial charge on any atom is -0.481 e. The van der Waals surface area contributed by atoms with Crippen LogP contribution in [0.2, 0.25) is 0 Å². The van der Waals surface area contributed by atoms with Crippen LogP contribution in [0.3, 0.4) is 0 Å². The molecule has 98 valence electrons. The number of hydrogen-bond acceptors (Lipinski definition) is 3. The number of carbonyl (C=O) groups is 2. The van der Waals surface area contributed by atoms with Crippen LogP contribution >= 0.6 is 27.3 Å². The standard InChI is InChI=1S/C11H13BrN2O3S/c1-13-8(9-4-7(12)6-18-9)5-14(11(13)17)3-2-10(15)16/h4,6,8H,2-3,5H2,1H3,(H,15,16). The van der Waals surface area contributed by atoms with E-state index in [9.17, 15) is 9.59 Å². The molecule has 2 rings (SSSR count). The van der Waals surface area contributed by atoms with Crippen LogP contribution in [0.1, 0.15) is 17.3 Å². The number of amides is 2. The SMILES string of the molecule is CN1C(=O)N(CCC(=O)O)CC1c1cc(Br)cs1. The van der Waals surface area contributed by atoms with Crippen molar-refractivity contribution in [3.63, 3.8) is 0 Å². The quantitative estimate of drug-likeness (QED) is 0.920. The Morgan fingerprint density at radius 3 is 2.94 bits per heavy atom. The fourth-order valence-electron chi connectivity index (χ4n) is 1.97. The molecule has 1 aromatic rings. The van der Waals surface area contributed by atoms with Crippen LogP contribution in [0.4, 0.5) is 4.79 Å². The lowest BCUT2D eigenvalue weighted by Crippen LogP contribution is -2.31. The Morgan fingerprint density at radius 1 is 1.67 bits per heavy atom. The lowest BCUT2D eigenvalue weighted by Gasteiger charge is -2.15. The van der Waals surface area contributed by atoms with Crippen molar-refractivity contribution in [3.8, 4) is 0 Å². The van der Waals surface area contributed by atoms with Crippen LogP contribution in [0, 0.1) is 0 Å². The van der Waals surface area contributed by atoms with Gasteiger partial charge in [-0.1, -0.05) is 0 Å². The van der Waals surface area contributed by atoms with Crippen molar-refractivity contribution in [2.24, 2.45) is 0 Å². The van der Waals surface area contributed by atoms with E-state index in [0.29, 0.717) is 6.54 Å². The summed E-state index contributed by atoms with van der Waals surface area (Å²) in [4.78, 5) is 26.9. The molecular formula is C11H13BrN2O3S. The minimum atomic E-state index is -0.882. The van der Waals surface area contributed by atoms with E-state index in [1.165, 1.54) is 0 Å². The highest BCUT2D eigenvalue weighted by Gasteiger charge is 2.36. The number of hydrogen-bond donors (Lipinski definition) is 1. The summed E-state index contributed by atoms with van der Waals surface area (Å²) in [5.74, 6) is -0.882. The molecule has 2 amide bonds. The number of carbonyl (C=O) groups excluding carboxylic acids is 1. The first-order chi connectivity index (χ1) is 8.49. The fraction of sp³-hybridized carbons (Fsp3) is 0.455. The van der Waals surface area contributed by atoms with Gasteiger partial charge < -0.3 is 14.9 Å². The van der Waals surface area contributed by atoms with Crippen LogP contribution in [0.5, 0.6) is 0 Å². The highest BCUT2D eigenvalue weighted by molar-refractivity contribution is 9.10. The lowest BCUT2D eigenvalue weighted by atomic mass is 10.2. The van der Waals surface area contributed by atoms with E-state index in [1.54, 1.807) is 28.2 Å². The van der Waals surface area contributed by atoms with E-state index < -0.39 is 5.97 Å². The van der Waals surface area contributed by atoms with Crippen LogP contribution < -0.4 is 0 Å². The summed E-state index contributed by atoms with van der Waals surface area (Å²) in [6.07, 6.45) is -0.0135. The van der Waals surface area contributed by atoms with E-state index in [0.717, 1.165) is 9.35 Å². The topological polar surface area (TPSA) is 60.9 Å². The second kappa shape index (κ2) is 5.27. The minimum absolute atomic E-state index is 0.0135. The zero-order valence-corrected chi connectivity index (χ0v) is 12.2. The number of thiophene rings is 1. The van der Waals surface area contributed by atoms with Gasteiger partial charge in [-0.15, -0.1) is 11.3 Å². The van der Waals surface area contributed by atoms with E-state index in [1.807, 2.05) is 11.4 Å². The second-order valence-electron chi connectivity index (χ2n) is 4.17. The molecule has 0 aliphatic carbocycles. The van der Waals surface area contributed by atoms with Crippen molar-refractivity contribution in [1.29, 1.82) is 0 Å². The van der Waals surface area contributed by atoms with Gasteiger partial charge in [-0.25, -0.2) is 4.79 Å². The molecule has 7 heteroatoms. The van der Waals surface area contributed by atoms with Crippen molar-refractivity contribution < 1.29 is 14.7 Å². The molecular weight excluding hydrogens is 320 g/mol. The normalized spacial score (nSPS) is 19.7. The molecule has 0 aromatic carbocycles. The first kappa shape index (κ1) is 13.4. The molecule has 1 unspecified atom stereocenters. The van der Waals surface area contributed by atoms with Gasteiger partial charge in [-0.3, -0.25) is 4.79 Å². The molecule has 0 radical (unpaired) electrons. The Bertz CT molecular complexity index is 477. The van der Waals surface area contributed by atoms with Crippen LogP contribution in [-0.2, 0) is 4.79 Å². The summed E-state index contributed by atoms with van der Waals surface area (Å²) in [5.41, 5.74) is 0. The van der Waals surface area contributed by atoms with E-state index in [-0.39, 0.29) is 25.0 Å². The Balaban J connectivity index is 2.07. The number of rotatable bonds is 4. The average Bonchev–Trinajstić information content (AvgIpc) is 2.84. The van der Waals surface area contributed by atoms with Gasteiger partial charge in [-0.05, 0) is 22.0 Å². The molecule has 0 spiro atoms. The third-order valence-corrected chi connectivity index (χ3v) is 4.74. The average molecular weight is 333 g/mol. The molecule has 1 saturated heterocycles. The van der Waals surface area contributed by atoms with Gasteiger partial charge in [0.1, 0.15) is 0 Å². The fourth-order valence-corrected chi connectivity index (χ4v) is 3.55. The number of likely N-dealkylation sites (N-methyl/N-ethyl adjacent to an activating group) is 1. The summed E-state index contributed by atoms with van der Waals surface area (Å²) < 4.78 is 1.01. The Hall–Kier alpha value is -1.08. The molecule has 0 saturated carbocycles. The predicted octanol–water partition coefficient (Wildman–Crippen LogP) is 2.39. The Kier molecular flexibility index (Phi) is 3.91. The molecule has 0 bridgehead atoms. The maximum absolute atomic E-state index is 12.0. The first-order valence-electron chi connectivity index (χ1n) is 5.46. The smallest absolute Gasteiger partial charge is 0.320 e. The van der Waals surface area contributed by atoms with E-state index in [4.69, 9.17) is 5.11 Å². The molecule has 18 heavy (non-hydrogen) atoms. The molecule has 1 aromatic heterocycles. The highest BCUT2D eigenvalue weighted by Crippen LogP contribution is 2.33.